The number of hydrogen-bond acceptors (Lipinski definition) is 3. The average molecular weight is 276 g/mol. The zero-order valence-electron chi connectivity index (χ0n) is 11.1. The van der Waals surface area contributed by atoms with Crippen LogP contribution >= 0.6 is 0 Å². The Kier molecular flexibility index (Phi) is 5.10. The third-order valence-electron chi connectivity index (χ3n) is 3.15. The average Bonchev–Trinajstić information content (AvgIpc) is 2.48. The molecule has 5 heteroatoms. The summed E-state index contributed by atoms with van der Waals surface area (Å²) in [4.78, 5) is 12.0. The fourth-order valence-corrected chi connectivity index (χ4v) is 2.04. The van der Waals surface area contributed by atoms with Crippen molar-refractivity contribution in [2.75, 3.05) is 25.1 Å². The molecule has 0 aromatic heterocycles. The van der Waals surface area contributed by atoms with Crippen LogP contribution in [0.4, 0.5) is 10.1 Å². The van der Waals surface area contributed by atoms with Crippen molar-refractivity contribution in [1.82, 2.24) is 0 Å². The van der Waals surface area contributed by atoms with Gasteiger partial charge in [-0.1, -0.05) is 11.8 Å². The van der Waals surface area contributed by atoms with Gasteiger partial charge in [-0.25, -0.2) is 4.39 Å². The number of nitrogens with one attached hydrogen (secondary N) is 1. The minimum Gasteiger partial charge on any atom is -0.381 e. The Balaban J connectivity index is 2.03. The van der Waals surface area contributed by atoms with Gasteiger partial charge in [0.15, 0.2) is 0 Å². The van der Waals surface area contributed by atoms with E-state index in [1.807, 2.05) is 0 Å². The topological polar surface area (TPSA) is 64.3 Å². The summed E-state index contributed by atoms with van der Waals surface area (Å²) in [5.74, 6) is 4.64. The van der Waals surface area contributed by atoms with E-state index in [4.69, 9.17) is 10.5 Å². The zero-order chi connectivity index (χ0) is 14.4. The zero-order valence-corrected chi connectivity index (χ0v) is 11.1. The van der Waals surface area contributed by atoms with Crippen molar-refractivity contribution in [2.45, 2.75) is 12.8 Å². The van der Waals surface area contributed by atoms with Gasteiger partial charge < -0.3 is 15.8 Å². The fraction of sp³-hybridized carbons (Fsp3) is 0.400. The molecule has 1 aliphatic heterocycles. The van der Waals surface area contributed by atoms with Crippen molar-refractivity contribution < 1.29 is 13.9 Å². The molecule has 106 valence electrons. The summed E-state index contributed by atoms with van der Waals surface area (Å²) < 4.78 is 19.1. The first kappa shape index (κ1) is 14.5. The lowest BCUT2D eigenvalue weighted by Crippen LogP contribution is -2.28. The molecule has 1 heterocycles. The quantitative estimate of drug-likeness (QED) is 0.805. The molecule has 20 heavy (non-hydrogen) atoms. The lowest BCUT2D eigenvalue weighted by Gasteiger charge is -2.21. The summed E-state index contributed by atoms with van der Waals surface area (Å²) in [5, 5.41) is 2.62. The summed E-state index contributed by atoms with van der Waals surface area (Å²) in [6.07, 6.45) is 1.35. The summed E-state index contributed by atoms with van der Waals surface area (Å²) in [6, 6.07) is 4.47. The Hall–Kier alpha value is -1.90. The van der Waals surface area contributed by atoms with Crippen molar-refractivity contribution in [3.05, 3.63) is 29.6 Å². The number of nitrogens with two attached hydrogens (primary N) is 1. The second-order valence-corrected chi connectivity index (χ2v) is 4.58. The van der Waals surface area contributed by atoms with Crippen LogP contribution in [0.2, 0.25) is 0 Å². The lowest BCUT2D eigenvalue weighted by molar-refractivity contribution is -0.122. The molecule has 0 unspecified atom stereocenters. The van der Waals surface area contributed by atoms with Gasteiger partial charge in [0, 0.05) is 24.7 Å². The third kappa shape index (κ3) is 3.80. The molecule has 1 aromatic rings. The molecule has 4 nitrogen and oxygen atoms in total. The molecule has 1 aromatic carbocycles. The van der Waals surface area contributed by atoms with Crippen LogP contribution < -0.4 is 11.1 Å². The Labute approximate surface area is 117 Å². The van der Waals surface area contributed by atoms with Crippen LogP contribution in [-0.2, 0) is 9.53 Å². The third-order valence-corrected chi connectivity index (χ3v) is 3.15. The van der Waals surface area contributed by atoms with Crippen molar-refractivity contribution in [3.8, 4) is 11.8 Å². The van der Waals surface area contributed by atoms with Crippen LogP contribution in [0.25, 0.3) is 0 Å². The Morgan fingerprint density at radius 3 is 2.85 bits per heavy atom. The van der Waals surface area contributed by atoms with Crippen LogP contribution in [0, 0.1) is 23.6 Å². The number of anilines is 1. The highest BCUT2D eigenvalue weighted by Gasteiger charge is 2.22. The number of carbonyl (C=O) groups excluding carboxylic acids is 1. The van der Waals surface area contributed by atoms with E-state index < -0.39 is 5.82 Å². The Morgan fingerprint density at radius 2 is 2.20 bits per heavy atom. The number of ether oxygens (including phenoxy) is 1. The summed E-state index contributed by atoms with van der Waals surface area (Å²) in [7, 11) is 0. The van der Waals surface area contributed by atoms with E-state index in [0.717, 1.165) is 0 Å². The predicted octanol–water partition coefficient (Wildman–Crippen LogP) is 1.50. The molecule has 0 spiro atoms. The van der Waals surface area contributed by atoms with Gasteiger partial charge >= 0.3 is 0 Å². The molecule has 0 atom stereocenters. The largest absolute Gasteiger partial charge is 0.381 e. The minimum atomic E-state index is -0.491. The van der Waals surface area contributed by atoms with E-state index in [9.17, 15) is 9.18 Å². The fourth-order valence-electron chi connectivity index (χ4n) is 2.04. The monoisotopic (exact) mass is 276 g/mol. The molecule has 0 saturated carbocycles. The van der Waals surface area contributed by atoms with Gasteiger partial charge in [0.2, 0.25) is 5.91 Å². The maximum Gasteiger partial charge on any atom is 0.227 e. The highest BCUT2D eigenvalue weighted by molar-refractivity contribution is 5.92. The van der Waals surface area contributed by atoms with Gasteiger partial charge in [0.05, 0.1) is 12.2 Å². The first-order valence-electron chi connectivity index (χ1n) is 6.58. The molecular formula is C15H17FN2O2. The molecule has 2 rings (SSSR count). The smallest absolute Gasteiger partial charge is 0.227 e. The number of amides is 1. The Morgan fingerprint density at radius 1 is 1.45 bits per heavy atom. The first-order chi connectivity index (χ1) is 9.70. The molecule has 0 bridgehead atoms. The molecule has 0 aliphatic carbocycles. The van der Waals surface area contributed by atoms with Crippen molar-refractivity contribution in [2.24, 2.45) is 11.7 Å². The van der Waals surface area contributed by atoms with Crippen LogP contribution in [-0.4, -0.2) is 25.7 Å². The lowest BCUT2D eigenvalue weighted by atomic mass is 9.99. The van der Waals surface area contributed by atoms with Crippen molar-refractivity contribution in [1.29, 1.82) is 0 Å². The van der Waals surface area contributed by atoms with Crippen LogP contribution in [0.15, 0.2) is 18.2 Å². The van der Waals surface area contributed by atoms with Crippen LogP contribution in [0.3, 0.4) is 0 Å². The van der Waals surface area contributed by atoms with E-state index in [1.54, 1.807) is 6.07 Å². The van der Waals surface area contributed by atoms with Gasteiger partial charge in [-0.15, -0.1) is 0 Å². The molecule has 1 fully saturated rings. The molecule has 3 N–H and O–H groups in total. The SMILES string of the molecule is NCC#Cc1ccc(NC(=O)C2CCOCC2)c(F)c1. The number of halogens is 1. The molecule has 1 saturated heterocycles. The first-order valence-corrected chi connectivity index (χ1v) is 6.58. The van der Waals surface area contributed by atoms with Gasteiger partial charge in [0.1, 0.15) is 5.82 Å². The summed E-state index contributed by atoms with van der Waals surface area (Å²) >= 11 is 0. The van der Waals surface area contributed by atoms with Crippen molar-refractivity contribution >= 4 is 11.6 Å². The van der Waals surface area contributed by atoms with E-state index >= 15 is 0 Å². The standard InChI is InChI=1S/C15H17FN2O2/c16-13-10-11(2-1-7-17)3-4-14(13)18-15(19)12-5-8-20-9-6-12/h3-4,10,12H,5-9,17H2,(H,18,19). The van der Waals surface area contributed by atoms with Gasteiger partial charge in [0.25, 0.3) is 0 Å². The van der Waals surface area contributed by atoms with E-state index in [-0.39, 0.29) is 24.1 Å². The summed E-state index contributed by atoms with van der Waals surface area (Å²) in [6.45, 7) is 1.38. The van der Waals surface area contributed by atoms with Crippen LogP contribution in [0.1, 0.15) is 18.4 Å². The molecule has 1 aliphatic rings. The number of benzene rings is 1. The van der Waals surface area contributed by atoms with Gasteiger partial charge in [-0.2, -0.15) is 0 Å². The maximum absolute atomic E-state index is 13.9. The number of carbonyl (C=O) groups is 1. The minimum absolute atomic E-state index is 0.111. The normalized spacial score (nSPS) is 15.3. The highest BCUT2D eigenvalue weighted by atomic mass is 19.1. The second kappa shape index (κ2) is 7.04. The molecular weight excluding hydrogens is 259 g/mol. The Bertz CT molecular complexity index is 543. The number of hydrogen-bond donors (Lipinski definition) is 2. The van der Waals surface area contributed by atoms with Gasteiger partial charge in [-0.05, 0) is 31.0 Å². The van der Waals surface area contributed by atoms with E-state index in [1.165, 1.54) is 12.1 Å². The van der Waals surface area contributed by atoms with Crippen molar-refractivity contribution in [3.63, 3.8) is 0 Å². The van der Waals surface area contributed by atoms with Crippen LogP contribution in [0.5, 0.6) is 0 Å². The maximum atomic E-state index is 13.9. The van der Waals surface area contributed by atoms with E-state index in [2.05, 4.69) is 17.2 Å². The summed E-state index contributed by atoms with van der Waals surface area (Å²) in [5.41, 5.74) is 5.98. The van der Waals surface area contributed by atoms with E-state index in [0.29, 0.717) is 31.6 Å². The second-order valence-electron chi connectivity index (χ2n) is 4.58. The molecule has 1 amide bonds. The molecule has 0 radical (unpaired) electrons. The number of rotatable bonds is 2. The predicted molar refractivity (Wildman–Crippen MR) is 74.5 cm³/mol. The van der Waals surface area contributed by atoms with Gasteiger partial charge in [-0.3, -0.25) is 4.79 Å². The highest BCUT2D eigenvalue weighted by Crippen LogP contribution is 2.20.